The highest BCUT2D eigenvalue weighted by atomic mass is 16.3. The largest absolute Gasteiger partial charge is 0.373 e. The molecule has 2 nitrogen and oxygen atoms in total. The van der Waals surface area contributed by atoms with Crippen LogP contribution in [0.4, 0.5) is 0 Å². The third-order valence-corrected chi connectivity index (χ3v) is 7.51. The number of ketones is 1. The first kappa shape index (κ1) is 15.2. The summed E-state index contributed by atoms with van der Waals surface area (Å²) in [4.78, 5) is 11.8. The number of carbonyl (C=O) groups is 1. The van der Waals surface area contributed by atoms with Gasteiger partial charge in [0, 0.05) is 18.3 Å². The van der Waals surface area contributed by atoms with Crippen molar-refractivity contribution in [1.29, 1.82) is 0 Å². The van der Waals surface area contributed by atoms with Gasteiger partial charge in [0.15, 0.2) is 0 Å². The van der Waals surface area contributed by atoms with Crippen LogP contribution in [-0.2, 0) is 4.79 Å². The monoisotopic (exact) mass is 310 g/mol. The van der Waals surface area contributed by atoms with E-state index in [9.17, 15) is 9.90 Å². The van der Waals surface area contributed by atoms with Crippen LogP contribution in [0.15, 0.2) is 23.8 Å². The van der Waals surface area contributed by atoms with E-state index in [0.29, 0.717) is 35.9 Å². The SMILES string of the molecule is C#C[C@@]1(O)C=C[C@H]2[C@@H]3CC=C4CC(=O)CC[C@@H]4[C@H]3CC[C@@]21CC. The first-order chi connectivity index (χ1) is 11.0. The summed E-state index contributed by atoms with van der Waals surface area (Å²) < 4.78 is 0. The maximum absolute atomic E-state index is 11.8. The van der Waals surface area contributed by atoms with Crippen molar-refractivity contribution in [3.8, 4) is 12.3 Å². The van der Waals surface area contributed by atoms with Crippen LogP contribution in [-0.4, -0.2) is 16.5 Å². The number of terminal acetylenes is 1. The summed E-state index contributed by atoms with van der Waals surface area (Å²) in [6.07, 6.45) is 18.7. The molecule has 2 saturated carbocycles. The van der Waals surface area contributed by atoms with Crippen molar-refractivity contribution < 1.29 is 9.90 Å². The van der Waals surface area contributed by atoms with Crippen LogP contribution < -0.4 is 0 Å². The molecule has 4 aliphatic carbocycles. The van der Waals surface area contributed by atoms with Crippen molar-refractivity contribution in [3.05, 3.63) is 23.8 Å². The summed E-state index contributed by atoms with van der Waals surface area (Å²) in [5.74, 6) is 5.31. The predicted octanol–water partition coefficient (Wildman–Crippen LogP) is 3.66. The zero-order valence-corrected chi connectivity index (χ0v) is 13.9. The van der Waals surface area contributed by atoms with Gasteiger partial charge in [-0.3, -0.25) is 4.79 Å². The molecule has 0 aromatic heterocycles. The lowest BCUT2D eigenvalue weighted by atomic mass is 9.49. The van der Waals surface area contributed by atoms with Gasteiger partial charge in [-0.1, -0.05) is 30.6 Å². The number of carbonyl (C=O) groups excluding carboxylic acids is 1. The Kier molecular flexibility index (Phi) is 3.36. The third-order valence-electron chi connectivity index (χ3n) is 7.51. The highest BCUT2D eigenvalue weighted by molar-refractivity contribution is 5.82. The molecule has 4 rings (SSSR count). The first-order valence-electron chi connectivity index (χ1n) is 9.15. The molecule has 0 aliphatic heterocycles. The van der Waals surface area contributed by atoms with Crippen molar-refractivity contribution in [3.63, 3.8) is 0 Å². The molecule has 0 aromatic rings. The summed E-state index contributed by atoms with van der Waals surface area (Å²) >= 11 is 0. The number of rotatable bonds is 1. The van der Waals surface area contributed by atoms with Gasteiger partial charge >= 0.3 is 0 Å². The van der Waals surface area contributed by atoms with Crippen LogP contribution in [0.1, 0.15) is 51.9 Å². The quantitative estimate of drug-likeness (QED) is 0.593. The maximum atomic E-state index is 11.8. The Morgan fingerprint density at radius 3 is 2.96 bits per heavy atom. The predicted molar refractivity (Wildman–Crippen MR) is 90.4 cm³/mol. The maximum Gasteiger partial charge on any atom is 0.149 e. The lowest BCUT2D eigenvalue weighted by Gasteiger charge is -2.55. The number of hydrogen-bond acceptors (Lipinski definition) is 2. The fraction of sp³-hybridized carbons (Fsp3) is 0.667. The molecule has 0 spiro atoms. The van der Waals surface area contributed by atoms with Crippen molar-refractivity contribution in [1.82, 2.24) is 0 Å². The van der Waals surface area contributed by atoms with E-state index >= 15 is 0 Å². The van der Waals surface area contributed by atoms with E-state index in [-0.39, 0.29) is 5.41 Å². The molecule has 2 fully saturated rings. The zero-order chi connectivity index (χ0) is 16.2. The van der Waals surface area contributed by atoms with E-state index in [4.69, 9.17) is 6.42 Å². The highest BCUT2D eigenvalue weighted by Gasteiger charge is 2.60. The number of hydrogen-bond donors (Lipinski definition) is 1. The fourth-order valence-corrected chi connectivity index (χ4v) is 6.31. The third kappa shape index (κ3) is 1.89. The Morgan fingerprint density at radius 2 is 2.22 bits per heavy atom. The molecular formula is C21H26O2. The minimum atomic E-state index is -1.08. The van der Waals surface area contributed by atoms with Crippen molar-refractivity contribution in [2.75, 3.05) is 0 Å². The molecule has 122 valence electrons. The number of aliphatic hydroxyl groups is 1. The van der Waals surface area contributed by atoms with Gasteiger partial charge in [-0.25, -0.2) is 0 Å². The summed E-state index contributed by atoms with van der Waals surface area (Å²) in [5.41, 5.74) is 0.142. The van der Waals surface area contributed by atoms with Gasteiger partial charge in [0.05, 0.1) is 0 Å². The van der Waals surface area contributed by atoms with E-state index in [1.165, 1.54) is 5.57 Å². The average Bonchev–Trinajstić information content (AvgIpc) is 2.88. The van der Waals surface area contributed by atoms with Crippen molar-refractivity contribution >= 4 is 5.78 Å². The van der Waals surface area contributed by atoms with E-state index in [0.717, 1.165) is 38.5 Å². The van der Waals surface area contributed by atoms with Gasteiger partial charge in [-0.15, -0.1) is 6.42 Å². The molecule has 0 unspecified atom stereocenters. The molecule has 23 heavy (non-hydrogen) atoms. The Morgan fingerprint density at radius 1 is 1.39 bits per heavy atom. The molecule has 0 aromatic carbocycles. The molecule has 4 aliphatic rings. The zero-order valence-electron chi connectivity index (χ0n) is 13.9. The van der Waals surface area contributed by atoms with Crippen LogP contribution in [0.2, 0.25) is 0 Å². The van der Waals surface area contributed by atoms with E-state index in [1.54, 1.807) is 0 Å². The van der Waals surface area contributed by atoms with Crippen LogP contribution in [0.3, 0.4) is 0 Å². The summed E-state index contributed by atoms with van der Waals surface area (Å²) in [6.45, 7) is 2.17. The van der Waals surface area contributed by atoms with Crippen LogP contribution in [0.25, 0.3) is 0 Å². The van der Waals surface area contributed by atoms with E-state index < -0.39 is 5.60 Å². The minimum absolute atomic E-state index is 0.182. The van der Waals surface area contributed by atoms with Crippen LogP contribution >= 0.6 is 0 Å². The fourth-order valence-electron chi connectivity index (χ4n) is 6.31. The molecule has 0 heterocycles. The summed E-state index contributed by atoms with van der Waals surface area (Å²) in [5, 5.41) is 11.0. The molecule has 0 saturated heterocycles. The Labute approximate surface area is 139 Å². The number of fused-ring (bicyclic) bond motifs is 5. The van der Waals surface area contributed by atoms with Gasteiger partial charge < -0.3 is 5.11 Å². The first-order valence-corrected chi connectivity index (χ1v) is 9.15. The molecule has 2 heteroatoms. The van der Waals surface area contributed by atoms with Crippen LogP contribution in [0.5, 0.6) is 0 Å². The summed E-state index contributed by atoms with van der Waals surface area (Å²) in [6, 6.07) is 0. The number of allylic oxidation sites excluding steroid dienone is 3. The second-order valence-electron chi connectivity index (χ2n) is 8.05. The van der Waals surface area contributed by atoms with Crippen molar-refractivity contribution in [2.24, 2.45) is 29.1 Å². The van der Waals surface area contributed by atoms with Gasteiger partial charge in [0.2, 0.25) is 0 Å². The van der Waals surface area contributed by atoms with Crippen molar-refractivity contribution in [2.45, 2.75) is 57.5 Å². The van der Waals surface area contributed by atoms with Gasteiger partial charge in [0.1, 0.15) is 11.4 Å². The second-order valence-corrected chi connectivity index (χ2v) is 8.05. The Hall–Kier alpha value is -1.33. The summed E-state index contributed by atoms with van der Waals surface area (Å²) in [7, 11) is 0. The van der Waals surface area contributed by atoms with Crippen LogP contribution in [0, 0.1) is 41.4 Å². The Bertz CT molecular complexity index is 637. The molecule has 6 atom stereocenters. The standard InChI is InChI=1S/C21H26O2/c1-3-20-11-9-17-16-8-6-15(22)13-14(16)5-7-18(17)19(20)10-12-21(20,23)4-2/h2,5,10,12,16-19,23H,3,6-9,11,13H2,1H3/t16-,17+,18+,19-,20-,21+/m0/s1. The molecular weight excluding hydrogens is 284 g/mol. The molecule has 1 N–H and O–H groups in total. The van der Waals surface area contributed by atoms with E-state index in [1.807, 2.05) is 6.08 Å². The average molecular weight is 310 g/mol. The highest BCUT2D eigenvalue weighted by Crippen LogP contribution is 2.63. The smallest absolute Gasteiger partial charge is 0.149 e. The normalized spacial score (nSPS) is 48.0. The number of Topliss-reactive ketones (excluding diaryl/α,β-unsaturated/α-hetero) is 1. The van der Waals surface area contributed by atoms with Gasteiger partial charge in [-0.2, -0.15) is 0 Å². The lowest BCUT2D eigenvalue weighted by molar-refractivity contribution is -0.121. The minimum Gasteiger partial charge on any atom is -0.373 e. The molecule has 0 radical (unpaired) electrons. The second kappa shape index (κ2) is 5.08. The Balaban J connectivity index is 1.69. The van der Waals surface area contributed by atoms with E-state index in [2.05, 4.69) is 25.0 Å². The van der Waals surface area contributed by atoms with Gasteiger partial charge in [0.25, 0.3) is 0 Å². The molecule has 0 amide bonds. The lowest BCUT2D eigenvalue weighted by Crippen LogP contribution is -2.53. The molecule has 0 bridgehead atoms. The topological polar surface area (TPSA) is 37.3 Å². The van der Waals surface area contributed by atoms with Gasteiger partial charge in [-0.05, 0) is 61.9 Å².